The minimum absolute atomic E-state index is 0.126. The van der Waals surface area contributed by atoms with Crippen molar-refractivity contribution in [3.63, 3.8) is 0 Å². The SMILES string of the molecule is Cn1nc2cc(NS(=O)(=O)c3ccn(-c4cccc(N)n4)n3)ccc2c1C(=O)Nc1ccc(F)c(Cl)c1. The number of anilines is 3. The Kier molecular flexibility index (Phi) is 6.01. The number of halogens is 2. The number of benzene rings is 2. The molecule has 0 saturated carbocycles. The van der Waals surface area contributed by atoms with Crippen LogP contribution >= 0.6 is 11.6 Å². The summed E-state index contributed by atoms with van der Waals surface area (Å²) in [5.74, 6) is -0.464. The van der Waals surface area contributed by atoms with E-state index in [1.807, 2.05) is 0 Å². The number of nitrogens with zero attached hydrogens (tertiary/aromatic N) is 5. The van der Waals surface area contributed by atoms with Crippen LogP contribution in [0.4, 0.5) is 21.6 Å². The Morgan fingerprint density at radius 2 is 1.84 bits per heavy atom. The second kappa shape index (κ2) is 9.19. The fourth-order valence-corrected chi connectivity index (χ4v) is 4.81. The zero-order valence-corrected chi connectivity index (χ0v) is 20.6. The maximum Gasteiger partial charge on any atom is 0.281 e. The molecular weight excluding hydrogens is 523 g/mol. The largest absolute Gasteiger partial charge is 0.384 e. The molecule has 0 aliphatic carbocycles. The first kappa shape index (κ1) is 24.2. The highest BCUT2D eigenvalue weighted by Crippen LogP contribution is 2.25. The number of carbonyl (C=O) groups is 1. The summed E-state index contributed by atoms with van der Waals surface area (Å²) in [5.41, 5.74) is 6.81. The molecule has 4 N–H and O–H groups in total. The van der Waals surface area contributed by atoms with Gasteiger partial charge in [0.15, 0.2) is 10.8 Å². The number of pyridine rings is 1. The standard InChI is InChI=1S/C23H18ClFN8O3S/c1-32-22(23(34)27-13-6-8-17(25)16(24)11-13)15-7-5-14(12-18(15)29-32)31-37(35,36)21-9-10-33(30-21)20-4-2-3-19(26)28-20/h2-12,31H,1H3,(H2,26,28)(H,27,34). The normalized spacial score (nSPS) is 11.5. The molecule has 1 amide bonds. The van der Waals surface area contributed by atoms with E-state index in [9.17, 15) is 17.6 Å². The molecule has 11 nitrogen and oxygen atoms in total. The summed E-state index contributed by atoms with van der Waals surface area (Å²) < 4.78 is 44.4. The van der Waals surface area contributed by atoms with Gasteiger partial charge in [-0.3, -0.25) is 14.2 Å². The van der Waals surface area contributed by atoms with E-state index >= 15 is 0 Å². The number of nitrogens with one attached hydrogen (secondary N) is 2. The Balaban J connectivity index is 1.39. The van der Waals surface area contributed by atoms with Gasteiger partial charge in [-0.05, 0) is 54.6 Å². The van der Waals surface area contributed by atoms with Crippen LogP contribution in [0.25, 0.3) is 16.7 Å². The minimum atomic E-state index is -4.05. The highest BCUT2D eigenvalue weighted by Gasteiger charge is 2.21. The smallest absolute Gasteiger partial charge is 0.281 e. The van der Waals surface area contributed by atoms with Crippen LogP contribution in [0, 0.1) is 5.82 Å². The first-order chi connectivity index (χ1) is 17.6. The van der Waals surface area contributed by atoms with Gasteiger partial charge in [-0.1, -0.05) is 17.7 Å². The summed E-state index contributed by atoms with van der Waals surface area (Å²) in [6.45, 7) is 0. The molecule has 3 heterocycles. The van der Waals surface area contributed by atoms with Gasteiger partial charge in [-0.25, -0.2) is 14.1 Å². The van der Waals surface area contributed by atoms with Crippen molar-refractivity contribution in [2.24, 2.45) is 7.05 Å². The van der Waals surface area contributed by atoms with E-state index in [-0.39, 0.29) is 27.2 Å². The van der Waals surface area contributed by atoms with Crippen LogP contribution in [0.3, 0.4) is 0 Å². The number of rotatable bonds is 6. The zero-order valence-electron chi connectivity index (χ0n) is 19.1. The number of hydrogen-bond acceptors (Lipinski definition) is 7. The van der Waals surface area contributed by atoms with Crippen LogP contribution in [0.5, 0.6) is 0 Å². The second-order valence-electron chi connectivity index (χ2n) is 7.91. The number of amides is 1. The number of aromatic nitrogens is 5. The molecular formula is C23H18ClFN8O3S. The van der Waals surface area contributed by atoms with Crippen molar-refractivity contribution in [2.75, 3.05) is 15.8 Å². The average Bonchev–Trinajstić information content (AvgIpc) is 3.46. The minimum Gasteiger partial charge on any atom is -0.384 e. The van der Waals surface area contributed by atoms with E-state index in [4.69, 9.17) is 17.3 Å². The predicted octanol–water partition coefficient (Wildman–Crippen LogP) is 3.58. The number of nitrogen functional groups attached to an aromatic ring is 1. The lowest BCUT2D eigenvalue weighted by molar-refractivity contribution is 0.101. The van der Waals surface area contributed by atoms with Crippen molar-refractivity contribution in [3.05, 3.63) is 83.4 Å². The highest BCUT2D eigenvalue weighted by molar-refractivity contribution is 7.92. The molecule has 2 aromatic carbocycles. The van der Waals surface area contributed by atoms with Gasteiger partial charge in [0.25, 0.3) is 15.9 Å². The molecule has 0 aliphatic rings. The van der Waals surface area contributed by atoms with Crippen LogP contribution in [0.1, 0.15) is 10.5 Å². The maximum atomic E-state index is 13.4. The molecule has 0 atom stereocenters. The Labute approximate surface area is 214 Å². The van der Waals surface area contributed by atoms with Crippen LogP contribution in [-0.2, 0) is 17.1 Å². The van der Waals surface area contributed by atoms with E-state index < -0.39 is 21.7 Å². The Bertz CT molecular complexity index is 1780. The van der Waals surface area contributed by atoms with Crippen molar-refractivity contribution >= 4 is 55.6 Å². The van der Waals surface area contributed by atoms with Crippen molar-refractivity contribution in [3.8, 4) is 5.82 Å². The molecule has 0 saturated heterocycles. The Morgan fingerprint density at radius 1 is 1.05 bits per heavy atom. The van der Waals surface area contributed by atoms with Gasteiger partial charge in [-0.15, -0.1) is 0 Å². The van der Waals surface area contributed by atoms with Crippen molar-refractivity contribution < 1.29 is 17.6 Å². The molecule has 0 bridgehead atoms. The summed E-state index contributed by atoms with van der Waals surface area (Å²) in [5, 5.41) is 11.2. The summed E-state index contributed by atoms with van der Waals surface area (Å²) in [6, 6.07) is 14.6. The van der Waals surface area contributed by atoms with E-state index in [1.54, 1.807) is 31.3 Å². The molecule has 0 fully saturated rings. The van der Waals surface area contributed by atoms with Crippen molar-refractivity contribution in [1.82, 2.24) is 24.5 Å². The molecule has 188 valence electrons. The lowest BCUT2D eigenvalue weighted by Crippen LogP contribution is -2.16. The Hall–Kier alpha value is -4.49. The van der Waals surface area contributed by atoms with Gasteiger partial charge < -0.3 is 11.1 Å². The Morgan fingerprint density at radius 3 is 2.59 bits per heavy atom. The van der Waals surface area contributed by atoms with Gasteiger partial charge in [0.1, 0.15) is 17.3 Å². The predicted molar refractivity (Wildman–Crippen MR) is 137 cm³/mol. The van der Waals surface area contributed by atoms with E-state index in [2.05, 4.69) is 25.2 Å². The lowest BCUT2D eigenvalue weighted by Gasteiger charge is -2.07. The van der Waals surface area contributed by atoms with Gasteiger partial charge in [0, 0.05) is 24.3 Å². The first-order valence-corrected chi connectivity index (χ1v) is 12.5. The van der Waals surface area contributed by atoms with E-state index in [1.165, 1.54) is 45.9 Å². The maximum absolute atomic E-state index is 13.4. The van der Waals surface area contributed by atoms with Crippen molar-refractivity contribution in [2.45, 2.75) is 5.03 Å². The number of carbonyl (C=O) groups excluding carboxylic acids is 1. The molecule has 0 radical (unpaired) electrons. The van der Waals surface area contributed by atoms with Crippen molar-refractivity contribution in [1.29, 1.82) is 0 Å². The topological polar surface area (TPSA) is 150 Å². The van der Waals surface area contributed by atoms with Gasteiger partial charge in [0.05, 0.1) is 16.2 Å². The monoisotopic (exact) mass is 540 g/mol. The van der Waals surface area contributed by atoms with Crippen LogP contribution in [-0.4, -0.2) is 38.9 Å². The van der Waals surface area contributed by atoms with E-state index in [0.29, 0.717) is 22.4 Å². The van der Waals surface area contributed by atoms with Crippen LogP contribution < -0.4 is 15.8 Å². The molecule has 5 rings (SSSR count). The summed E-state index contributed by atoms with van der Waals surface area (Å²) in [4.78, 5) is 17.0. The lowest BCUT2D eigenvalue weighted by atomic mass is 10.2. The fourth-order valence-electron chi connectivity index (χ4n) is 3.65. The molecule has 0 aliphatic heterocycles. The first-order valence-electron chi connectivity index (χ1n) is 10.7. The number of nitrogens with two attached hydrogens (primary N) is 1. The second-order valence-corrected chi connectivity index (χ2v) is 9.95. The molecule has 37 heavy (non-hydrogen) atoms. The van der Waals surface area contributed by atoms with Gasteiger partial charge in [-0.2, -0.15) is 18.6 Å². The number of fused-ring (bicyclic) bond motifs is 1. The number of sulfonamides is 1. The molecule has 5 aromatic rings. The molecule has 0 spiro atoms. The fraction of sp³-hybridized carbons (Fsp3) is 0.0435. The molecule has 3 aromatic heterocycles. The summed E-state index contributed by atoms with van der Waals surface area (Å²) >= 11 is 5.79. The third-order valence-corrected chi connectivity index (χ3v) is 6.87. The van der Waals surface area contributed by atoms with Crippen LogP contribution in [0.15, 0.2) is 71.9 Å². The highest BCUT2D eigenvalue weighted by atomic mass is 35.5. The third kappa shape index (κ3) is 4.81. The quantitative estimate of drug-likeness (QED) is 0.298. The van der Waals surface area contributed by atoms with E-state index in [0.717, 1.165) is 6.07 Å². The summed E-state index contributed by atoms with van der Waals surface area (Å²) in [7, 11) is -2.47. The molecule has 14 heteroatoms. The van der Waals surface area contributed by atoms with Gasteiger partial charge >= 0.3 is 0 Å². The zero-order chi connectivity index (χ0) is 26.3. The van der Waals surface area contributed by atoms with Gasteiger partial charge in [0.2, 0.25) is 0 Å². The van der Waals surface area contributed by atoms with Crippen LogP contribution in [0.2, 0.25) is 5.02 Å². The average molecular weight is 541 g/mol. The molecule has 0 unspecified atom stereocenters. The third-order valence-electron chi connectivity index (χ3n) is 5.31. The summed E-state index contributed by atoms with van der Waals surface area (Å²) in [6.07, 6.45) is 1.46. The number of aryl methyl sites for hydroxylation is 1. The number of hydrogen-bond donors (Lipinski definition) is 3.